The first-order chi connectivity index (χ1) is 13.1. The van der Waals surface area contributed by atoms with Crippen LogP contribution in [-0.4, -0.2) is 38.5 Å². The Hall–Kier alpha value is -2.39. The molecule has 0 saturated carbocycles. The Morgan fingerprint density at radius 2 is 2.15 bits per heavy atom. The number of ether oxygens (including phenoxy) is 1. The number of nitrogens with zero attached hydrogens (tertiary/aromatic N) is 4. The van der Waals surface area contributed by atoms with Crippen molar-refractivity contribution < 1.29 is 9.53 Å². The number of nitrogens with one attached hydrogen (secondary N) is 1. The average Bonchev–Trinajstić information content (AvgIpc) is 3.11. The molecule has 2 aromatic heterocycles. The van der Waals surface area contributed by atoms with Crippen molar-refractivity contribution in [2.75, 3.05) is 18.2 Å². The zero-order chi connectivity index (χ0) is 19.2. The standard InChI is InChI=1S/C18H18BrN5O2S/c1-3-24-17(12-5-4-6-14(9-12)26-2)22-23-18(24)27-11-16(25)21-15-8-7-13(19)10-20-15/h4-10H,3,11H2,1-2H3,(H,20,21,25). The van der Waals surface area contributed by atoms with Gasteiger partial charge in [0, 0.05) is 22.8 Å². The van der Waals surface area contributed by atoms with E-state index < -0.39 is 0 Å². The Kier molecular flexibility index (Phi) is 6.46. The highest BCUT2D eigenvalue weighted by Crippen LogP contribution is 2.26. The minimum atomic E-state index is -0.150. The second kappa shape index (κ2) is 9.01. The number of methoxy groups -OCH3 is 1. The highest BCUT2D eigenvalue weighted by molar-refractivity contribution is 9.10. The Bertz CT molecular complexity index is 930. The number of hydrogen-bond donors (Lipinski definition) is 1. The monoisotopic (exact) mass is 447 g/mol. The molecule has 0 aliphatic heterocycles. The van der Waals surface area contributed by atoms with E-state index in [0.717, 1.165) is 21.6 Å². The third-order valence-electron chi connectivity index (χ3n) is 3.69. The van der Waals surface area contributed by atoms with Gasteiger partial charge in [-0.05, 0) is 47.1 Å². The Balaban J connectivity index is 1.69. The topological polar surface area (TPSA) is 81.9 Å². The van der Waals surface area contributed by atoms with Gasteiger partial charge in [0.05, 0.1) is 12.9 Å². The van der Waals surface area contributed by atoms with Gasteiger partial charge in [0.25, 0.3) is 0 Å². The van der Waals surface area contributed by atoms with Gasteiger partial charge in [-0.25, -0.2) is 4.98 Å². The molecule has 1 N–H and O–H groups in total. The fourth-order valence-electron chi connectivity index (χ4n) is 2.42. The van der Waals surface area contributed by atoms with Gasteiger partial charge in [-0.2, -0.15) is 0 Å². The first-order valence-electron chi connectivity index (χ1n) is 8.22. The molecule has 0 fully saturated rings. The number of carbonyl (C=O) groups is 1. The van der Waals surface area contributed by atoms with Crippen LogP contribution in [0.15, 0.2) is 52.2 Å². The maximum absolute atomic E-state index is 12.2. The van der Waals surface area contributed by atoms with Crippen molar-refractivity contribution in [3.8, 4) is 17.1 Å². The molecule has 0 spiro atoms. The van der Waals surface area contributed by atoms with Crippen LogP contribution in [0.4, 0.5) is 5.82 Å². The summed E-state index contributed by atoms with van der Waals surface area (Å²) in [7, 11) is 1.63. The number of anilines is 1. The minimum Gasteiger partial charge on any atom is -0.497 e. The smallest absolute Gasteiger partial charge is 0.236 e. The summed E-state index contributed by atoms with van der Waals surface area (Å²) in [6, 6.07) is 11.2. The molecule has 7 nitrogen and oxygen atoms in total. The molecule has 0 bridgehead atoms. The van der Waals surface area contributed by atoms with Crippen molar-refractivity contribution in [1.29, 1.82) is 0 Å². The molecular formula is C18H18BrN5O2S. The Labute approximate surface area is 169 Å². The van der Waals surface area contributed by atoms with Gasteiger partial charge < -0.3 is 14.6 Å². The summed E-state index contributed by atoms with van der Waals surface area (Å²) in [6.07, 6.45) is 1.64. The number of carbonyl (C=O) groups excluding carboxylic acids is 1. The van der Waals surface area contributed by atoms with E-state index in [1.54, 1.807) is 19.4 Å². The second-order valence-electron chi connectivity index (χ2n) is 5.48. The Morgan fingerprint density at radius 3 is 2.85 bits per heavy atom. The number of halogens is 1. The number of benzene rings is 1. The first-order valence-corrected chi connectivity index (χ1v) is 10.0. The Morgan fingerprint density at radius 1 is 1.30 bits per heavy atom. The van der Waals surface area contributed by atoms with Crippen molar-refractivity contribution in [3.05, 3.63) is 47.1 Å². The zero-order valence-corrected chi connectivity index (χ0v) is 17.2. The third kappa shape index (κ3) is 4.86. The molecule has 27 heavy (non-hydrogen) atoms. The van der Waals surface area contributed by atoms with Crippen LogP contribution in [0, 0.1) is 0 Å². The number of aromatic nitrogens is 4. The normalized spacial score (nSPS) is 10.6. The fourth-order valence-corrected chi connectivity index (χ4v) is 3.45. The van der Waals surface area contributed by atoms with Gasteiger partial charge in [0.15, 0.2) is 11.0 Å². The van der Waals surface area contributed by atoms with Gasteiger partial charge in [-0.1, -0.05) is 23.9 Å². The lowest BCUT2D eigenvalue weighted by Crippen LogP contribution is -2.15. The van der Waals surface area contributed by atoms with Gasteiger partial charge in [-0.15, -0.1) is 10.2 Å². The second-order valence-corrected chi connectivity index (χ2v) is 7.34. The highest BCUT2D eigenvalue weighted by atomic mass is 79.9. The first kappa shape index (κ1) is 19.4. The maximum atomic E-state index is 12.2. The van der Waals surface area contributed by atoms with Crippen molar-refractivity contribution >= 4 is 39.4 Å². The van der Waals surface area contributed by atoms with Crippen LogP contribution in [0.25, 0.3) is 11.4 Å². The van der Waals surface area contributed by atoms with E-state index in [-0.39, 0.29) is 11.7 Å². The molecule has 3 rings (SSSR count). The predicted molar refractivity (Wildman–Crippen MR) is 109 cm³/mol. The number of amides is 1. The molecule has 0 atom stereocenters. The van der Waals surface area contributed by atoms with E-state index in [9.17, 15) is 4.79 Å². The van der Waals surface area contributed by atoms with E-state index in [1.807, 2.05) is 41.8 Å². The summed E-state index contributed by atoms with van der Waals surface area (Å²) < 4.78 is 8.11. The van der Waals surface area contributed by atoms with Gasteiger partial charge in [0.1, 0.15) is 11.6 Å². The number of hydrogen-bond acceptors (Lipinski definition) is 6. The van der Waals surface area contributed by atoms with Crippen LogP contribution < -0.4 is 10.1 Å². The van der Waals surface area contributed by atoms with Crippen molar-refractivity contribution in [1.82, 2.24) is 19.7 Å². The number of pyridine rings is 1. The largest absolute Gasteiger partial charge is 0.497 e. The predicted octanol–water partition coefficient (Wildman–Crippen LogP) is 3.86. The molecule has 9 heteroatoms. The summed E-state index contributed by atoms with van der Waals surface area (Å²) in [5.41, 5.74) is 0.916. The lowest BCUT2D eigenvalue weighted by Gasteiger charge is -2.08. The number of rotatable bonds is 7. The molecule has 140 valence electrons. The van der Waals surface area contributed by atoms with Crippen LogP contribution in [0.2, 0.25) is 0 Å². The summed E-state index contributed by atoms with van der Waals surface area (Å²) in [4.78, 5) is 16.3. The number of thioether (sulfide) groups is 1. The van der Waals surface area contributed by atoms with E-state index in [4.69, 9.17) is 4.74 Å². The molecule has 1 aromatic carbocycles. The van der Waals surface area contributed by atoms with Crippen LogP contribution in [0.3, 0.4) is 0 Å². The maximum Gasteiger partial charge on any atom is 0.236 e. The summed E-state index contributed by atoms with van der Waals surface area (Å²) in [5.74, 6) is 2.08. The molecular weight excluding hydrogens is 430 g/mol. The van der Waals surface area contributed by atoms with Gasteiger partial charge >= 0.3 is 0 Å². The van der Waals surface area contributed by atoms with E-state index in [0.29, 0.717) is 17.5 Å². The lowest BCUT2D eigenvalue weighted by molar-refractivity contribution is -0.113. The van der Waals surface area contributed by atoms with Gasteiger partial charge in [-0.3, -0.25) is 4.79 Å². The molecule has 0 radical (unpaired) electrons. The molecule has 0 aliphatic rings. The van der Waals surface area contributed by atoms with Crippen LogP contribution >= 0.6 is 27.7 Å². The summed E-state index contributed by atoms with van der Waals surface area (Å²) in [5, 5.41) is 12.0. The van der Waals surface area contributed by atoms with Crippen molar-refractivity contribution in [2.45, 2.75) is 18.6 Å². The summed E-state index contributed by atoms with van der Waals surface area (Å²) >= 11 is 4.65. The summed E-state index contributed by atoms with van der Waals surface area (Å²) in [6.45, 7) is 2.71. The van der Waals surface area contributed by atoms with Crippen LogP contribution in [0.1, 0.15) is 6.92 Å². The molecule has 1 amide bonds. The van der Waals surface area contributed by atoms with E-state index in [1.165, 1.54) is 11.8 Å². The van der Waals surface area contributed by atoms with Crippen LogP contribution in [0.5, 0.6) is 5.75 Å². The molecule has 0 saturated heterocycles. The quantitative estimate of drug-likeness (QED) is 0.553. The minimum absolute atomic E-state index is 0.150. The van der Waals surface area contributed by atoms with E-state index >= 15 is 0 Å². The molecule has 0 aliphatic carbocycles. The fraction of sp³-hybridized carbons (Fsp3) is 0.222. The lowest BCUT2D eigenvalue weighted by atomic mass is 10.2. The van der Waals surface area contributed by atoms with Crippen LogP contribution in [-0.2, 0) is 11.3 Å². The SMILES string of the molecule is CCn1c(SCC(=O)Nc2ccc(Br)cn2)nnc1-c1cccc(OC)c1. The van der Waals surface area contributed by atoms with E-state index in [2.05, 4.69) is 36.4 Å². The van der Waals surface area contributed by atoms with Crippen molar-refractivity contribution in [3.63, 3.8) is 0 Å². The highest BCUT2D eigenvalue weighted by Gasteiger charge is 2.15. The zero-order valence-electron chi connectivity index (χ0n) is 14.8. The molecule has 0 unspecified atom stereocenters. The van der Waals surface area contributed by atoms with Gasteiger partial charge in [0.2, 0.25) is 5.91 Å². The molecule has 3 aromatic rings. The molecule has 2 heterocycles. The third-order valence-corrected chi connectivity index (χ3v) is 5.12. The average molecular weight is 448 g/mol. The van der Waals surface area contributed by atoms with Crippen molar-refractivity contribution in [2.24, 2.45) is 0 Å².